The Labute approximate surface area is 218 Å². The fourth-order valence-electron chi connectivity index (χ4n) is 5.30. The minimum Gasteiger partial charge on any atom is -0.358 e. The Hall–Kier alpha value is -3.06. The molecule has 3 aromatic carbocycles. The van der Waals surface area contributed by atoms with Crippen molar-refractivity contribution in [2.24, 2.45) is 11.3 Å². The van der Waals surface area contributed by atoms with Gasteiger partial charge >= 0.3 is 0 Å². The highest BCUT2D eigenvalue weighted by atomic mass is 14.8. The minimum absolute atomic E-state index is 0.200. The Morgan fingerprint density at radius 1 is 0.667 bits per heavy atom. The monoisotopic (exact) mass is 477 g/mol. The number of allylic oxidation sites excluding steroid dienone is 1. The molecule has 2 unspecified atom stereocenters. The van der Waals surface area contributed by atoms with E-state index in [-0.39, 0.29) is 10.8 Å². The molecule has 4 aromatic rings. The topological polar surface area (TPSA) is 15.8 Å². The molecule has 1 heteroatoms. The molecule has 0 radical (unpaired) electrons. The highest BCUT2D eigenvalue weighted by Crippen LogP contribution is 2.60. The van der Waals surface area contributed by atoms with Crippen molar-refractivity contribution < 1.29 is 0 Å². The number of aromatic nitrogens is 1. The molecule has 1 saturated carbocycles. The van der Waals surface area contributed by atoms with Gasteiger partial charge in [-0.05, 0) is 52.0 Å². The molecule has 1 nitrogen and oxygen atoms in total. The van der Waals surface area contributed by atoms with Crippen LogP contribution in [-0.2, 0) is 5.41 Å². The van der Waals surface area contributed by atoms with Crippen LogP contribution in [0.3, 0.4) is 0 Å². The van der Waals surface area contributed by atoms with Gasteiger partial charge in [0.15, 0.2) is 0 Å². The lowest BCUT2D eigenvalue weighted by Crippen LogP contribution is -2.14. The van der Waals surface area contributed by atoms with E-state index in [1.54, 1.807) is 5.57 Å². The van der Waals surface area contributed by atoms with Gasteiger partial charge in [0.25, 0.3) is 0 Å². The van der Waals surface area contributed by atoms with E-state index in [9.17, 15) is 0 Å². The summed E-state index contributed by atoms with van der Waals surface area (Å²) in [4.78, 5) is 3.71. The van der Waals surface area contributed by atoms with Gasteiger partial charge in [0.05, 0.1) is 0 Å². The Morgan fingerprint density at radius 3 is 1.72 bits per heavy atom. The summed E-state index contributed by atoms with van der Waals surface area (Å²) in [7, 11) is 0. The molecule has 0 bridgehead atoms. The molecule has 1 aromatic heterocycles. The summed E-state index contributed by atoms with van der Waals surface area (Å²) in [5, 5.41) is 1.41. The number of aromatic amines is 1. The van der Waals surface area contributed by atoms with Crippen molar-refractivity contribution >= 4 is 17.0 Å². The number of fused-ring (bicyclic) bond motifs is 5. The van der Waals surface area contributed by atoms with Crippen LogP contribution in [0, 0.1) is 11.3 Å². The summed E-state index contributed by atoms with van der Waals surface area (Å²) in [6.45, 7) is 17.9. The Morgan fingerprint density at radius 2 is 1.22 bits per heavy atom. The van der Waals surface area contributed by atoms with E-state index >= 15 is 0 Å². The van der Waals surface area contributed by atoms with Crippen molar-refractivity contribution in [1.82, 2.24) is 4.98 Å². The maximum absolute atomic E-state index is 3.71. The van der Waals surface area contributed by atoms with Gasteiger partial charge in [0.2, 0.25) is 0 Å². The van der Waals surface area contributed by atoms with E-state index in [0.29, 0.717) is 0 Å². The van der Waals surface area contributed by atoms with Crippen molar-refractivity contribution in [3.8, 4) is 11.1 Å². The van der Waals surface area contributed by atoms with Gasteiger partial charge < -0.3 is 4.98 Å². The van der Waals surface area contributed by atoms with Crippen molar-refractivity contribution in [1.29, 1.82) is 0 Å². The molecule has 188 valence electrons. The number of benzene rings is 3. The summed E-state index contributed by atoms with van der Waals surface area (Å²) >= 11 is 0. The first-order valence-electron chi connectivity index (χ1n) is 13.6. The zero-order valence-corrected chi connectivity index (χ0v) is 23.4. The quantitative estimate of drug-likeness (QED) is 0.280. The van der Waals surface area contributed by atoms with Gasteiger partial charge in [0, 0.05) is 28.1 Å². The van der Waals surface area contributed by atoms with Crippen LogP contribution in [0.15, 0.2) is 84.4 Å². The van der Waals surface area contributed by atoms with Gasteiger partial charge in [-0.25, -0.2) is 0 Å². The fraction of sp³-hybridized carbons (Fsp3) is 0.371. The molecule has 2 aliphatic rings. The van der Waals surface area contributed by atoms with Crippen LogP contribution in [0.4, 0.5) is 0 Å². The summed E-state index contributed by atoms with van der Waals surface area (Å²) in [6.07, 6.45) is 3.82. The molecule has 6 rings (SSSR count). The minimum atomic E-state index is 0.200. The SMILES string of the molecule is CC.CC(C)(C)C1=Cc2c([nH]c3ccc(C(C)(C)C)cc23)C2CC12.c1ccc(-c2ccccc2)cc1. The number of H-pyrrole nitrogens is 1. The molecule has 0 saturated heterocycles. The first kappa shape index (κ1) is 26.0. The molecule has 0 spiro atoms. The van der Waals surface area contributed by atoms with E-state index in [1.165, 1.54) is 45.3 Å². The van der Waals surface area contributed by atoms with Crippen LogP contribution in [0.1, 0.15) is 84.5 Å². The first-order chi connectivity index (χ1) is 17.1. The Balaban J connectivity index is 0.000000184. The summed E-state index contributed by atoms with van der Waals surface area (Å²) in [5.41, 5.74) is 10.3. The smallest absolute Gasteiger partial charge is 0.0462 e. The van der Waals surface area contributed by atoms with Crippen molar-refractivity contribution in [2.75, 3.05) is 0 Å². The van der Waals surface area contributed by atoms with Gasteiger partial charge in [0.1, 0.15) is 0 Å². The molecule has 2 aliphatic carbocycles. The molecular weight excluding hydrogens is 434 g/mol. The lowest BCUT2D eigenvalue weighted by molar-refractivity contribution is 0.475. The molecule has 0 amide bonds. The van der Waals surface area contributed by atoms with Crippen LogP contribution in [0.5, 0.6) is 0 Å². The average Bonchev–Trinajstić information content (AvgIpc) is 3.59. The number of hydrogen-bond donors (Lipinski definition) is 1. The molecule has 1 fully saturated rings. The van der Waals surface area contributed by atoms with Gasteiger partial charge in [-0.3, -0.25) is 0 Å². The van der Waals surface area contributed by atoms with E-state index in [2.05, 4.69) is 119 Å². The second-order valence-electron chi connectivity index (χ2n) is 12.0. The van der Waals surface area contributed by atoms with Crippen LogP contribution >= 0.6 is 0 Å². The zero-order valence-electron chi connectivity index (χ0n) is 23.4. The molecule has 1 N–H and O–H groups in total. The van der Waals surface area contributed by atoms with E-state index < -0.39 is 0 Å². The normalized spacial score (nSPS) is 18.1. The van der Waals surface area contributed by atoms with Crippen LogP contribution < -0.4 is 0 Å². The van der Waals surface area contributed by atoms with Crippen molar-refractivity contribution in [3.63, 3.8) is 0 Å². The molecular formula is C35H43N. The number of nitrogens with one attached hydrogen (secondary N) is 1. The second kappa shape index (κ2) is 10.1. The maximum Gasteiger partial charge on any atom is 0.0462 e. The number of hydrogen-bond acceptors (Lipinski definition) is 0. The third-order valence-electron chi connectivity index (χ3n) is 7.34. The lowest BCUT2D eigenvalue weighted by Gasteiger charge is -2.26. The average molecular weight is 478 g/mol. The molecule has 36 heavy (non-hydrogen) atoms. The van der Waals surface area contributed by atoms with Crippen molar-refractivity contribution in [2.45, 2.75) is 73.1 Å². The summed E-state index contributed by atoms with van der Waals surface area (Å²) in [5.74, 6) is 1.52. The van der Waals surface area contributed by atoms with Gasteiger partial charge in [-0.2, -0.15) is 0 Å². The Kier molecular flexibility index (Phi) is 7.32. The van der Waals surface area contributed by atoms with E-state index in [4.69, 9.17) is 0 Å². The van der Waals surface area contributed by atoms with Crippen LogP contribution in [0.2, 0.25) is 0 Å². The molecule has 0 aliphatic heterocycles. The number of rotatable bonds is 1. The van der Waals surface area contributed by atoms with Crippen molar-refractivity contribution in [3.05, 3.63) is 101 Å². The highest BCUT2D eigenvalue weighted by Gasteiger charge is 2.48. The predicted molar refractivity (Wildman–Crippen MR) is 159 cm³/mol. The lowest BCUT2D eigenvalue weighted by atomic mass is 9.79. The zero-order chi connectivity index (χ0) is 26.1. The van der Waals surface area contributed by atoms with E-state index in [0.717, 1.165) is 11.8 Å². The largest absolute Gasteiger partial charge is 0.358 e. The van der Waals surface area contributed by atoms with E-state index in [1.807, 2.05) is 26.0 Å². The summed E-state index contributed by atoms with van der Waals surface area (Å²) in [6, 6.07) is 27.7. The molecule has 1 heterocycles. The van der Waals surface area contributed by atoms with Crippen LogP contribution in [0.25, 0.3) is 28.1 Å². The predicted octanol–water partition coefficient (Wildman–Crippen LogP) is 10.4. The maximum atomic E-state index is 3.71. The fourth-order valence-corrected chi connectivity index (χ4v) is 5.30. The standard InChI is InChI=1S/C21H27N.C12H10.C2H6/c1-20(2,3)12-7-8-18-14(9-12)16-11-17(21(4,5)6)13-10-15(13)19(16)22-18;1-3-7-11(8-4-1)12-9-5-2-6-10-12;1-2/h7-9,11,13,15,22H,10H2,1-6H3;1-10H;1-2H3. The third kappa shape index (κ3) is 5.36. The summed E-state index contributed by atoms with van der Waals surface area (Å²) < 4.78 is 0. The second-order valence-corrected chi connectivity index (χ2v) is 12.0. The Bertz CT molecular complexity index is 1290. The first-order valence-corrected chi connectivity index (χ1v) is 13.6. The molecule has 2 atom stereocenters. The van der Waals surface area contributed by atoms with Gasteiger partial charge in [-0.15, -0.1) is 0 Å². The van der Waals surface area contributed by atoms with Crippen LogP contribution in [-0.4, -0.2) is 4.98 Å². The van der Waals surface area contributed by atoms with Gasteiger partial charge in [-0.1, -0.05) is 134 Å². The highest BCUT2D eigenvalue weighted by molar-refractivity contribution is 5.93. The third-order valence-corrected chi connectivity index (χ3v) is 7.34.